The summed E-state index contributed by atoms with van der Waals surface area (Å²) in [6.07, 6.45) is 5.56. The summed E-state index contributed by atoms with van der Waals surface area (Å²) in [6, 6.07) is 7.76. The third-order valence-electron chi connectivity index (χ3n) is 6.81. The zero-order valence-corrected chi connectivity index (χ0v) is 21.4. The van der Waals surface area contributed by atoms with Crippen molar-refractivity contribution in [2.45, 2.75) is 38.0 Å². The maximum Gasteiger partial charge on any atom is 0.433 e. The Labute approximate surface area is 227 Å². The summed E-state index contributed by atoms with van der Waals surface area (Å²) in [5.41, 5.74) is 2.88. The number of aromatic amines is 1. The van der Waals surface area contributed by atoms with Crippen LogP contribution in [-0.4, -0.2) is 45.3 Å². The molecule has 5 N–H and O–H groups in total. The standard InChI is InChI=1S/C28H28F4N8/c29-26-18(2-4-25(40-26)37-13-17-1-3-24(36-12-17)28(30,31)32)9-20-15-39-27-23(20)10-19(14-38-27)21(11-33)16-35-22-5-7-34-8-6-22/h1-4,10-12,14-16,22,33-35H,5-9,13H2,(H,37,40)(H,38,39)/b21-16+,33-11?. The van der Waals surface area contributed by atoms with Crippen LogP contribution in [0.5, 0.6) is 0 Å². The van der Waals surface area contributed by atoms with E-state index in [2.05, 4.69) is 35.9 Å². The van der Waals surface area contributed by atoms with Crippen LogP contribution in [0.3, 0.4) is 0 Å². The summed E-state index contributed by atoms with van der Waals surface area (Å²) in [4.78, 5) is 15.0. The first-order chi connectivity index (χ1) is 19.3. The summed E-state index contributed by atoms with van der Waals surface area (Å²) < 4.78 is 53.0. The van der Waals surface area contributed by atoms with E-state index in [1.165, 1.54) is 12.3 Å². The van der Waals surface area contributed by atoms with Crippen molar-refractivity contribution in [2.75, 3.05) is 18.4 Å². The van der Waals surface area contributed by atoms with Gasteiger partial charge in [0.1, 0.15) is 17.2 Å². The molecule has 208 valence electrons. The van der Waals surface area contributed by atoms with Crippen molar-refractivity contribution in [1.82, 2.24) is 30.6 Å². The molecular weight excluding hydrogens is 524 g/mol. The van der Waals surface area contributed by atoms with Crippen LogP contribution in [0.15, 0.2) is 55.1 Å². The van der Waals surface area contributed by atoms with Crippen molar-refractivity contribution >= 4 is 28.6 Å². The number of nitrogens with one attached hydrogen (secondary N) is 5. The molecule has 0 radical (unpaired) electrons. The van der Waals surface area contributed by atoms with Gasteiger partial charge in [0.15, 0.2) is 0 Å². The van der Waals surface area contributed by atoms with Gasteiger partial charge in [-0.25, -0.2) is 9.97 Å². The van der Waals surface area contributed by atoms with E-state index < -0.39 is 17.8 Å². The Morgan fingerprint density at radius 2 is 1.90 bits per heavy atom. The minimum absolute atomic E-state index is 0.142. The van der Waals surface area contributed by atoms with Crippen LogP contribution in [0, 0.1) is 11.4 Å². The van der Waals surface area contributed by atoms with Crippen LogP contribution in [0.1, 0.15) is 40.8 Å². The van der Waals surface area contributed by atoms with Gasteiger partial charge in [0.2, 0.25) is 5.95 Å². The summed E-state index contributed by atoms with van der Waals surface area (Å²) in [7, 11) is 0. The van der Waals surface area contributed by atoms with Gasteiger partial charge in [0.25, 0.3) is 0 Å². The predicted molar refractivity (Wildman–Crippen MR) is 145 cm³/mol. The van der Waals surface area contributed by atoms with Gasteiger partial charge in [0, 0.05) is 72.1 Å². The number of allylic oxidation sites excluding steroid dienone is 1. The number of alkyl halides is 3. The number of fused-ring (bicyclic) bond motifs is 1. The molecular formula is C28H28F4N8. The average Bonchev–Trinajstić information content (AvgIpc) is 3.36. The molecule has 0 saturated carbocycles. The quantitative estimate of drug-likeness (QED) is 0.113. The van der Waals surface area contributed by atoms with Crippen LogP contribution >= 0.6 is 0 Å². The minimum atomic E-state index is -4.50. The second kappa shape index (κ2) is 11.8. The number of piperidine rings is 1. The highest BCUT2D eigenvalue weighted by Gasteiger charge is 2.32. The number of nitrogens with zero attached hydrogens (tertiary/aromatic N) is 3. The van der Waals surface area contributed by atoms with E-state index in [9.17, 15) is 17.6 Å². The van der Waals surface area contributed by atoms with Gasteiger partial charge in [-0.15, -0.1) is 0 Å². The smallest absolute Gasteiger partial charge is 0.388 e. The lowest BCUT2D eigenvalue weighted by Crippen LogP contribution is -2.37. The number of rotatable bonds is 9. The highest BCUT2D eigenvalue weighted by molar-refractivity contribution is 6.09. The molecule has 1 aliphatic heterocycles. The summed E-state index contributed by atoms with van der Waals surface area (Å²) in [5, 5.41) is 18.4. The Kier molecular flexibility index (Phi) is 8.06. The van der Waals surface area contributed by atoms with Crippen molar-refractivity contribution < 1.29 is 17.6 Å². The lowest BCUT2D eigenvalue weighted by Gasteiger charge is -2.23. The average molecular weight is 553 g/mol. The monoisotopic (exact) mass is 552 g/mol. The van der Waals surface area contributed by atoms with Crippen molar-refractivity contribution in [1.29, 1.82) is 5.41 Å². The molecule has 40 heavy (non-hydrogen) atoms. The minimum Gasteiger partial charge on any atom is -0.388 e. The summed E-state index contributed by atoms with van der Waals surface area (Å²) in [5.74, 6) is -0.397. The molecule has 5 rings (SSSR count). The molecule has 0 aromatic carbocycles. The normalized spacial score (nSPS) is 14.8. The van der Waals surface area contributed by atoms with Gasteiger partial charge in [-0.3, -0.25) is 4.98 Å². The zero-order chi connectivity index (χ0) is 28.1. The second-order valence-electron chi connectivity index (χ2n) is 9.60. The van der Waals surface area contributed by atoms with E-state index in [1.807, 2.05) is 12.3 Å². The van der Waals surface area contributed by atoms with E-state index in [0.29, 0.717) is 28.4 Å². The van der Waals surface area contributed by atoms with Gasteiger partial charge in [0.05, 0.1) is 0 Å². The fraction of sp³-hybridized carbons (Fsp3) is 0.286. The van der Waals surface area contributed by atoms with E-state index in [0.717, 1.165) is 54.7 Å². The Hall–Kier alpha value is -4.32. The molecule has 0 atom stereocenters. The molecule has 0 spiro atoms. The third kappa shape index (κ3) is 6.45. The molecule has 0 bridgehead atoms. The van der Waals surface area contributed by atoms with Crippen molar-refractivity contribution in [3.63, 3.8) is 0 Å². The topological polar surface area (TPSA) is 114 Å². The predicted octanol–water partition coefficient (Wildman–Crippen LogP) is 5.05. The molecule has 1 aliphatic rings. The number of aromatic nitrogens is 4. The van der Waals surface area contributed by atoms with Gasteiger partial charge in [-0.05, 0) is 55.3 Å². The third-order valence-corrected chi connectivity index (χ3v) is 6.81. The maximum absolute atomic E-state index is 14.9. The first-order valence-electron chi connectivity index (χ1n) is 12.9. The lowest BCUT2D eigenvalue weighted by atomic mass is 10.0. The van der Waals surface area contributed by atoms with Crippen LogP contribution in [-0.2, 0) is 19.1 Å². The number of hydrogen-bond acceptors (Lipinski definition) is 7. The molecule has 12 heteroatoms. The molecule has 8 nitrogen and oxygen atoms in total. The maximum atomic E-state index is 14.9. The van der Waals surface area contributed by atoms with Crippen LogP contribution in [0.25, 0.3) is 16.6 Å². The van der Waals surface area contributed by atoms with Crippen molar-refractivity contribution in [3.8, 4) is 0 Å². The number of pyridine rings is 3. The fourth-order valence-electron chi connectivity index (χ4n) is 4.55. The van der Waals surface area contributed by atoms with Crippen LogP contribution in [0.2, 0.25) is 0 Å². The molecule has 1 saturated heterocycles. The van der Waals surface area contributed by atoms with Gasteiger partial charge < -0.3 is 26.3 Å². The largest absolute Gasteiger partial charge is 0.433 e. The Balaban J connectivity index is 1.27. The van der Waals surface area contributed by atoms with Gasteiger partial charge >= 0.3 is 6.18 Å². The molecule has 0 unspecified atom stereocenters. The van der Waals surface area contributed by atoms with E-state index >= 15 is 0 Å². The number of anilines is 1. The Morgan fingerprint density at radius 3 is 2.60 bits per heavy atom. The highest BCUT2D eigenvalue weighted by atomic mass is 19.4. The van der Waals surface area contributed by atoms with Crippen LogP contribution in [0.4, 0.5) is 23.4 Å². The van der Waals surface area contributed by atoms with Crippen molar-refractivity contribution in [3.05, 3.63) is 89.0 Å². The molecule has 0 amide bonds. The van der Waals surface area contributed by atoms with E-state index in [-0.39, 0.29) is 18.8 Å². The molecule has 4 aromatic rings. The number of H-pyrrole nitrogens is 1. The van der Waals surface area contributed by atoms with Crippen LogP contribution < -0.4 is 16.0 Å². The lowest BCUT2D eigenvalue weighted by molar-refractivity contribution is -0.141. The second-order valence-corrected chi connectivity index (χ2v) is 9.60. The Morgan fingerprint density at radius 1 is 1.07 bits per heavy atom. The van der Waals surface area contributed by atoms with Gasteiger partial charge in [-0.2, -0.15) is 17.6 Å². The van der Waals surface area contributed by atoms with Crippen molar-refractivity contribution in [2.24, 2.45) is 0 Å². The summed E-state index contributed by atoms with van der Waals surface area (Å²) in [6.45, 7) is 2.07. The van der Waals surface area contributed by atoms with Gasteiger partial charge in [-0.1, -0.05) is 12.1 Å². The molecule has 4 aromatic heterocycles. The Bertz CT molecular complexity index is 1510. The highest BCUT2D eigenvalue weighted by Crippen LogP contribution is 2.27. The van der Waals surface area contributed by atoms with E-state index in [1.54, 1.807) is 24.5 Å². The number of halogens is 4. The first kappa shape index (κ1) is 27.3. The number of hydrogen-bond donors (Lipinski definition) is 5. The molecule has 1 fully saturated rings. The van der Waals surface area contributed by atoms with E-state index in [4.69, 9.17) is 5.41 Å². The fourth-order valence-corrected chi connectivity index (χ4v) is 4.55. The summed E-state index contributed by atoms with van der Waals surface area (Å²) >= 11 is 0. The molecule has 0 aliphatic carbocycles. The zero-order valence-electron chi connectivity index (χ0n) is 21.4. The SMILES string of the molecule is N=C/C(=C\NC1CCNCC1)c1cnc2[nH]cc(Cc3ccc(NCc4ccc(C(F)(F)F)nc4)nc3F)c2c1. The first-order valence-corrected chi connectivity index (χ1v) is 12.9. The molecule has 5 heterocycles.